The van der Waals surface area contributed by atoms with Crippen molar-refractivity contribution < 1.29 is 19.1 Å². The lowest BCUT2D eigenvalue weighted by Gasteiger charge is -2.26. The average Bonchev–Trinajstić information content (AvgIpc) is 3.27. The molecule has 1 atom stereocenters. The summed E-state index contributed by atoms with van der Waals surface area (Å²) in [6, 6.07) is 17.6. The Morgan fingerprint density at radius 2 is 1.85 bits per heavy atom. The molecule has 0 spiro atoms. The van der Waals surface area contributed by atoms with E-state index in [0.717, 1.165) is 28.8 Å². The second kappa shape index (κ2) is 9.21. The van der Waals surface area contributed by atoms with Crippen LogP contribution in [0.1, 0.15) is 53.4 Å². The van der Waals surface area contributed by atoms with Gasteiger partial charge in [-0.2, -0.15) is 0 Å². The summed E-state index contributed by atoms with van der Waals surface area (Å²) in [6.45, 7) is 2.10. The van der Waals surface area contributed by atoms with E-state index >= 15 is 0 Å². The second-order valence-electron chi connectivity index (χ2n) is 9.04. The molecule has 2 aliphatic rings. The number of esters is 1. The monoisotopic (exact) mass is 454 g/mol. The van der Waals surface area contributed by atoms with Crippen LogP contribution in [-0.2, 0) is 20.7 Å². The molecular formula is C28H26N2O4. The number of hydrogen-bond donors (Lipinski definition) is 0. The van der Waals surface area contributed by atoms with Crippen LogP contribution < -0.4 is 0 Å². The van der Waals surface area contributed by atoms with E-state index in [0.29, 0.717) is 48.2 Å². The molecule has 1 aliphatic carbocycles. The SMILES string of the molecule is CC1C/C(=C\c2ccccc2)c2nc3ccccc3c(C(=O)OCC(=O)N3CCCC3=O)c2C1. The molecule has 5 rings (SSSR count). The maximum atomic E-state index is 13.4. The van der Waals surface area contributed by atoms with Gasteiger partial charge in [0.1, 0.15) is 0 Å². The van der Waals surface area contributed by atoms with Crippen LogP contribution in [0.4, 0.5) is 0 Å². The Balaban J connectivity index is 1.54. The molecule has 1 aliphatic heterocycles. The van der Waals surface area contributed by atoms with E-state index in [-0.39, 0.29) is 5.91 Å². The topological polar surface area (TPSA) is 76.6 Å². The Morgan fingerprint density at radius 3 is 2.62 bits per heavy atom. The minimum absolute atomic E-state index is 0.211. The number of carbonyl (C=O) groups excluding carboxylic acids is 3. The number of hydrogen-bond acceptors (Lipinski definition) is 5. The third-order valence-electron chi connectivity index (χ3n) is 6.46. The molecule has 6 nitrogen and oxygen atoms in total. The van der Waals surface area contributed by atoms with E-state index < -0.39 is 18.5 Å². The molecule has 0 bridgehead atoms. The molecular weight excluding hydrogens is 428 g/mol. The number of benzene rings is 2. The first kappa shape index (κ1) is 22.0. The number of likely N-dealkylation sites (tertiary alicyclic amines) is 1. The first-order valence-corrected chi connectivity index (χ1v) is 11.7. The molecule has 2 aromatic carbocycles. The van der Waals surface area contributed by atoms with Gasteiger partial charge in [0.15, 0.2) is 6.61 Å². The third kappa shape index (κ3) is 4.23. The lowest BCUT2D eigenvalue weighted by Crippen LogP contribution is -2.35. The summed E-state index contributed by atoms with van der Waals surface area (Å²) in [4.78, 5) is 43.8. The van der Waals surface area contributed by atoms with Gasteiger partial charge in [0.2, 0.25) is 5.91 Å². The van der Waals surface area contributed by atoms with Gasteiger partial charge in [0, 0.05) is 18.4 Å². The second-order valence-corrected chi connectivity index (χ2v) is 9.04. The zero-order valence-corrected chi connectivity index (χ0v) is 19.1. The van der Waals surface area contributed by atoms with Gasteiger partial charge in [-0.1, -0.05) is 55.5 Å². The first-order chi connectivity index (χ1) is 16.5. The van der Waals surface area contributed by atoms with Crippen molar-refractivity contribution in [1.29, 1.82) is 0 Å². The molecule has 1 saturated heterocycles. The highest BCUT2D eigenvalue weighted by atomic mass is 16.5. The summed E-state index contributed by atoms with van der Waals surface area (Å²) in [5.74, 6) is -0.915. The van der Waals surface area contributed by atoms with E-state index in [1.807, 2.05) is 54.6 Å². The summed E-state index contributed by atoms with van der Waals surface area (Å²) in [7, 11) is 0. The lowest BCUT2D eigenvalue weighted by atomic mass is 9.80. The van der Waals surface area contributed by atoms with E-state index in [1.54, 1.807) is 0 Å². The van der Waals surface area contributed by atoms with Crippen LogP contribution in [-0.4, -0.2) is 40.8 Å². The number of fused-ring (bicyclic) bond motifs is 2. The van der Waals surface area contributed by atoms with Crippen molar-refractivity contribution in [3.05, 3.63) is 77.0 Å². The zero-order chi connectivity index (χ0) is 23.7. The van der Waals surface area contributed by atoms with E-state index in [9.17, 15) is 14.4 Å². The molecule has 3 aromatic rings. The predicted molar refractivity (Wildman–Crippen MR) is 130 cm³/mol. The summed E-state index contributed by atoms with van der Waals surface area (Å²) in [5, 5.41) is 0.712. The highest BCUT2D eigenvalue weighted by Crippen LogP contribution is 2.38. The van der Waals surface area contributed by atoms with Crippen LogP contribution in [0.3, 0.4) is 0 Å². The summed E-state index contributed by atoms with van der Waals surface area (Å²) in [5.41, 5.74) is 5.01. The highest BCUT2D eigenvalue weighted by Gasteiger charge is 2.31. The van der Waals surface area contributed by atoms with E-state index in [1.165, 1.54) is 4.90 Å². The number of nitrogens with zero attached hydrogens (tertiary/aromatic N) is 2. The molecule has 0 N–H and O–H groups in total. The van der Waals surface area contributed by atoms with Crippen LogP contribution in [0.5, 0.6) is 0 Å². The molecule has 172 valence electrons. The van der Waals surface area contributed by atoms with Crippen molar-refractivity contribution in [2.24, 2.45) is 5.92 Å². The number of aromatic nitrogens is 1. The molecule has 34 heavy (non-hydrogen) atoms. The Hall–Kier alpha value is -3.80. The molecule has 1 aromatic heterocycles. The fourth-order valence-electron chi connectivity index (χ4n) is 4.91. The highest BCUT2D eigenvalue weighted by molar-refractivity contribution is 6.07. The molecule has 2 amide bonds. The van der Waals surface area contributed by atoms with Crippen LogP contribution >= 0.6 is 0 Å². The molecule has 0 radical (unpaired) electrons. The van der Waals surface area contributed by atoms with Gasteiger partial charge >= 0.3 is 5.97 Å². The van der Waals surface area contributed by atoms with Crippen molar-refractivity contribution in [3.63, 3.8) is 0 Å². The Kier molecular flexibility index (Phi) is 5.97. The molecule has 1 fully saturated rings. The number of rotatable bonds is 4. The summed E-state index contributed by atoms with van der Waals surface area (Å²) in [6.07, 6.45) is 4.69. The largest absolute Gasteiger partial charge is 0.452 e. The Labute approximate surface area is 198 Å². The summed E-state index contributed by atoms with van der Waals surface area (Å²) < 4.78 is 5.48. The van der Waals surface area contributed by atoms with Gasteiger partial charge in [-0.15, -0.1) is 0 Å². The smallest absolute Gasteiger partial charge is 0.339 e. The number of carbonyl (C=O) groups is 3. The van der Waals surface area contributed by atoms with E-state index in [2.05, 4.69) is 13.0 Å². The number of para-hydroxylation sites is 1. The molecule has 0 saturated carbocycles. The van der Waals surface area contributed by atoms with E-state index in [4.69, 9.17) is 9.72 Å². The van der Waals surface area contributed by atoms with Gasteiger partial charge in [-0.3, -0.25) is 14.5 Å². The van der Waals surface area contributed by atoms with Crippen molar-refractivity contribution in [2.45, 2.75) is 32.6 Å². The molecule has 6 heteroatoms. The van der Waals surface area contributed by atoms with Gasteiger partial charge in [-0.25, -0.2) is 9.78 Å². The standard InChI is InChI=1S/C28H26N2O4/c1-18-14-20(16-19-8-3-2-4-9-19)27-22(15-18)26(21-10-5-6-11-23(21)29-27)28(33)34-17-25(32)30-13-7-12-24(30)31/h2-6,8-11,16,18H,7,12-15,17H2,1H3/b20-16+. The Morgan fingerprint density at radius 1 is 1.09 bits per heavy atom. The van der Waals surface area contributed by atoms with Crippen molar-refractivity contribution in [1.82, 2.24) is 9.88 Å². The van der Waals surface area contributed by atoms with Crippen LogP contribution in [0.25, 0.3) is 22.6 Å². The minimum atomic E-state index is -0.553. The zero-order valence-electron chi connectivity index (χ0n) is 19.1. The van der Waals surface area contributed by atoms with Crippen molar-refractivity contribution >= 4 is 40.3 Å². The number of pyridine rings is 1. The maximum Gasteiger partial charge on any atom is 0.339 e. The van der Waals surface area contributed by atoms with Crippen LogP contribution in [0, 0.1) is 5.92 Å². The average molecular weight is 455 g/mol. The number of ether oxygens (including phenoxy) is 1. The fraction of sp³-hybridized carbons (Fsp3) is 0.286. The van der Waals surface area contributed by atoms with Gasteiger partial charge in [0.05, 0.1) is 16.8 Å². The van der Waals surface area contributed by atoms with Gasteiger partial charge < -0.3 is 4.74 Å². The quantitative estimate of drug-likeness (QED) is 0.536. The van der Waals surface area contributed by atoms with Crippen LogP contribution in [0.2, 0.25) is 0 Å². The van der Waals surface area contributed by atoms with Crippen molar-refractivity contribution in [3.8, 4) is 0 Å². The van der Waals surface area contributed by atoms with Gasteiger partial charge in [-0.05, 0) is 54.0 Å². The minimum Gasteiger partial charge on any atom is -0.452 e. The number of imide groups is 1. The number of allylic oxidation sites excluding steroid dienone is 1. The van der Waals surface area contributed by atoms with Gasteiger partial charge in [0.25, 0.3) is 5.91 Å². The normalized spacial score (nSPS) is 18.9. The first-order valence-electron chi connectivity index (χ1n) is 11.7. The molecule has 1 unspecified atom stereocenters. The maximum absolute atomic E-state index is 13.4. The predicted octanol–water partition coefficient (Wildman–Crippen LogP) is 4.66. The summed E-state index contributed by atoms with van der Waals surface area (Å²) >= 11 is 0. The lowest BCUT2D eigenvalue weighted by molar-refractivity contribution is -0.143. The molecule has 2 heterocycles. The fourth-order valence-corrected chi connectivity index (χ4v) is 4.91. The Bertz CT molecular complexity index is 1310. The third-order valence-corrected chi connectivity index (χ3v) is 6.46. The van der Waals surface area contributed by atoms with Crippen molar-refractivity contribution in [2.75, 3.05) is 13.2 Å². The number of amides is 2. The van der Waals surface area contributed by atoms with Crippen LogP contribution in [0.15, 0.2) is 54.6 Å².